The Labute approximate surface area is 129 Å². The molecule has 1 N–H and O–H groups in total. The molecule has 1 aromatic carbocycles. The van der Waals surface area contributed by atoms with Crippen LogP contribution in [0.4, 0.5) is 8.78 Å². The maximum atomic E-state index is 14.2. The molecule has 1 fully saturated rings. The van der Waals surface area contributed by atoms with Gasteiger partial charge in [-0.15, -0.1) is 0 Å². The van der Waals surface area contributed by atoms with Gasteiger partial charge in [-0.05, 0) is 31.9 Å². The Morgan fingerprint density at radius 2 is 2.18 bits per heavy atom. The maximum Gasteiger partial charge on any atom is 0.320 e. The van der Waals surface area contributed by atoms with E-state index < -0.39 is 23.6 Å². The molecule has 0 aromatic heterocycles. The molecule has 1 heterocycles. The van der Waals surface area contributed by atoms with Crippen molar-refractivity contribution in [2.75, 3.05) is 6.54 Å². The molecule has 0 aliphatic carbocycles. The zero-order chi connectivity index (χ0) is 16.1. The van der Waals surface area contributed by atoms with E-state index in [1.807, 2.05) is 11.8 Å². The van der Waals surface area contributed by atoms with Gasteiger partial charge in [0, 0.05) is 17.7 Å². The van der Waals surface area contributed by atoms with Crippen LogP contribution in [0.3, 0.4) is 0 Å². The largest absolute Gasteiger partial charge is 0.480 e. The number of hydrogen-bond donors (Lipinski definition) is 1. The van der Waals surface area contributed by atoms with E-state index in [1.165, 1.54) is 12.1 Å². The third-order valence-electron chi connectivity index (χ3n) is 4.38. The molecule has 1 saturated heterocycles. The molecular weight excluding hydrogens is 288 g/mol. The monoisotopic (exact) mass is 311 g/mol. The molecule has 0 saturated carbocycles. The summed E-state index contributed by atoms with van der Waals surface area (Å²) in [5.41, 5.74) is 0.406. The Morgan fingerprint density at radius 1 is 1.41 bits per heavy atom. The number of piperidine rings is 1. The Kier molecular flexibility index (Phi) is 5.89. The van der Waals surface area contributed by atoms with Crippen LogP contribution in [0.1, 0.15) is 57.1 Å². The summed E-state index contributed by atoms with van der Waals surface area (Å²) in [6.45, 7) is 2.69. The number of carboxylic acid groups (broad SMARTS) is 1. The van der Waals surface area contributed by atoms with Gasteiger partial charge in [-0.3, -0.25) is 9.69 Å². The molecule has 2 unspecified atom stereocenters. The molecule has 1 aliphatic rings. The van der Waals surface area contributed by atoms with E-state index in [0.29, 0.717) is 24.9 Å². The van der Waals surface area contributed by atoms with Crippen molar-refractivity contribution in [1.29, 1.82) is 0 Å². The SMILES string of the molecule is CCCCC(c1ccc(F)cc1F)N1CCCCC1C(=O)O. The lowest BCUT2D eigenvalue weighted by atomic mass is 9.93. The van der Waals surface area contributed by atoms with Crippen molar-refractivity contribution in [2.24, 2.45) is 0 Å². The summed E-state index contributed by atoms with van der Waals surface area (Å²) >= 11 is 0. The van der Waals surface area contributed by atoms with Gasteiger partial charge < -0.3 is 5.11 Å². The first kappa shape index (κ1) is 16.9. The van der Waals surface area contributed by atoms with Crippen molar-refractivity contribution in [3.63, 3.8) is 0 Å². The first-order valence-corrected chi connectivity index (χ1v) is 7.98. The maximum absolute atomic E-state index is 14.2. The van der Waals surface area contributed by atoms with Crippen LogP contribution in [0.25, 0.3) is 0 Å². The number of likely N-dealkylation sites (tertiary alicyclic amines) is 1. The van der Waals surface area contributed by atoms with Crippen molar-refractivity contribution >= 4 is 5.97 Å². The number of halogens is 2. The first-order chi connectivity index (χ1) is 10.5. The number of unbranched alkanes of at least 4 members (excludes halogenated alkanes) is 1. The molecular formula is C17H23F2NO2. The average molecular weight is 311 g/mol. The summed E-state index contributed by atoms with van der Waals surface area (Å²) in [5, 5.41) is 9.45. The van der Waals surface area contributed by atoms with E-state index in [1.54, 1.807) is 0 Å². The highest BCUT2D eigenvalue weighted by atomic mass is 19.1. The molecule has 0 spiro atoms. The summed E-state index contributed by atoms with van der Waals surface area (Å²) in [5.74, 6) is -2.05. The van der Waals surface area contributed by atoms with E-state index in [4.69, 9.17) is 0 Å². The second-order valence-electron chi connectivity index (χ2n) is 5.91. The Hall–Kier alpha value is -1.49. The smallest absolute Gasteiger partial charge is 0.320 e. The van der Waals surface area contributed by atoms with Gasteiger partial charge in [0.2, 0.25) is 0 Å². The highest BCUT2D eigenvalue weighted by molar-refractivity contribution is 5.73. The van der Waals surface area contributed by atoms with Crippen LogP contribution in [0.2, 0.25) is 0 Å². The minimum absolute atomic E-state index is 0.304. The number of benzene rings is 1. The van der Waals surface area contributed by atoms with E-state index in [2.05, 4.69) is 0 Å². The van der Waals surface area contributed by atoms with Gasteiger partial charge in [-0.25, -0.2) is 8.78 Å². The molecule has 0 amide bonds. The van der Waals surface area contributed by atoms with Crippen LogP contribution in [-0.2, 0) is 4.79 Å². The van der Waals surface area contributed by atoms with E-state index in [-0.39, 0.29) is 6.04 Å². The fourth-order valence-electron chi connectivity index (χ4n) is 3.26. The third-order valence-corrected chi connectivity index (χ3v) is 4.38. The molecule has 1 aliphatic heterocycles. The predicted molar refractivity (Wildman–Crippen MR) is 80.6 cm³/mol. The number of carboxylic acids is 1. The summed E-state index contributed by atoms with van der Waals surface area (Å²) in [7, 11) is 0. The van der Waals surface area contributed by atoms with Crippen molar-refractivity contribution < 1.29 is 18.7 Å². The predicted octanol–water partition coefficient (Wildman–Crippen LogP) is 4.14. The van der Waals surface area contributed by atoms with Crippen LogP contribution in [0.5, 0.6) is 0 Å². The van der Waals surface area contributed by atoms with Gasteiger partial charge in [-0.2, -0.15) is 0 Å². The number of nitrogens with zero attached hydrogens (tertiary/aromatic N) is 1. The zero-order valence-electron chi connectivity index (χ0n) is 12.9. The van der Waals surface area contributed by atoms with Crippen LogP contribution in [0, 0.1) is 11.6 Å². The van der Waals surface area contributed by atoms with Crippen molar-refractivity contribution in [3.8, 4) is 0 Å². The van der Waals surface area contributed by atoms with Crippen LogP contribution < -0.4 is 0 Å². The summed E-state index contributed by atoms with van der Waals surface area (Å²) < 4.78 is 27.4. The molecule has 0 radical (unpaired) electrons. The minimum Gasteiger partial charge on any atom is -0.480 e. The molecule has 122 valence electrons. The van der Waals surface area contributed by atoms with Crippen molar-refractivity contribution in [1.82, 2.24) is 4.90 Å². The average Bonchev–Trinajstić information content (AvgIpc) is 2.49. The quantitative estimate of drug-likeness (QED) is 0.858. The molecule has 5 heteroatoms. The van der Waals surface area contributed by atoms with Crippen LogP contribution >= 0.6 is 0 Å². The van der Waals surface area contributed by atoms with Crippen molar-refractivity contribution in [2.45, 2.75) is 57.5 Å². The molecule has 0 bridgehead atoms. The standard InChI is InChI=1S/C17H23F2NO2/c1-2-3-6-15(13-9-8-12(18)11-14(13)19)20-10-5-4-7-16(20)17(21)22/h8-9,11,15-16H,2-7,10H2,1H3,(H,21,22). The van der Waals surface area contributed by atoms with E-state index in [9.17, 15) is 18.7 Å². The number of aliphatic carboxylic acids is 1. The molecule has 2 rings (SSSR count). The van der Waals surface area contributed by atoms with Gasteiger partial charge in [0.25, 0.3) is 0 Å². The fourth-order valence-corrected chi connectivity index (χ4v) is 3.26. The molecule has 1 aromatic rings. The lowest BCUT2D eigenvalue weighted by Crippen LogP contribution is -2.46. The molecule has 3 nitrogen and oxygen atoms in total. The number of hydrogen-bond acceptors (Lipinski definition) is 2. The Bertz CT molecular complexity index is 521. The Balaban J connectivity index is 2.33. The normalized spacial score (nSPS) is 20.8. The lowest BCUT2D eigenvalue weighted by molar-refractivity contribution is -0.146. The summed E-state index contributed by atoms with van der Waals surface area (Å²) in [6.07, 6.45) is 4.88. The number of carbonyl (C=O) groups is 1. The van der Waals surface area contributed by atoms with Gasteiger partial charge in [0.1, 0.15) is 17.7 Å². The topological polar surface area (TPSA) is 40.5 Å². The first-order valence-electron chi connectivity index (χ1n) is 7.98. The van der Waals surface area contributed by atoms with Gasteiger partial charge in [-0.1, -0.05) is 32.3 Å². The second-order valence-corrected chi connectivity index (χ2v) is 5.91. The highest BCUT2D eigenvalue weighted by Gasteiger charge is 2.34. The highest BCUT2D eigenvalue weighted by Crippen LogP contribution is 2.34. The summed E-state index contributed by atoms with van der Waals surface area (Å²) in [4.78, 5) is 13.4. The van der Waals surface area contributed by atoms with E-state index in [0.717, 1.165) is 31.7 Å². The van der Waals surface area contributed by atoms with Crippen LogP contribution in [0.15, 0.2) is 18.2 Å². The fraction of sp³-hybridized carbons (Fsp3) is 0.588. The second kappa shape index (κ2) is 7.68. The Morgan fingerprint density at radius 3 is 2.82 bits per heavy atom. The van der Waals surface area contributed by atoms with Gasteiger partial charge in [0.05, 0.1) is 0 Å². The lowest BCUT2D eigenvalue weighted by Gasteiger charge is -2.39. The third kappa shape index (κ3) is 3.83. The molecule has 22 heavy (non-hydrogen) atoms. The minimum atomic E-state index is -0.858. The summed E-state index contributed by atoms with van der Waals surface area (Å²) in [6, 6.07) is 2.70. The van der Waals surface area contributed by atoms with Gasteiger partial charge >= 0.3 is 5.97 Å². The van der Waals surface area contributed by atoms with E-state index >= 15 is 0 Å². The van der Waals surface area contributed by atoms with Crippen molar-refractivity contribution in [3.05, 3.63) is 35.4 Å². The molecule has 2 atom stereocenters. The van der Waals surface area contributed by atoms with Gasteiger partial charge in [0.15, 0.2) is 0 Å². The number of rotatable bonds is 6. The zero-order valence-corrected chi connectivity index (χ0v) is 12.9. The van der Waals surface area contributed by atoms with Crippen LogP contribution in [-0.4, -0.2) is 28.6 Å².